The number of aryl methyl sites for hydroxylation is 1. The lowest BCUT2D eigenvalue weighted by Gasteiger charge is -2.15. The normalized spacial score (nSPS) is 21.6. The standard InChI is InChI=1S/C10H15N3O/c1-8-3-5-11-10(12-8)13-6-4-9(7-13)14-2/h3,5,9H,4,6-7H2,1-2H3. The first-order valence-electron chi connectivity index (χ1n) is 4.87. The average Bonchev–Trinajstić information content (AvgIpc) is 2.66. The van der Waals surface area contributed by atoms with Crippen LogP contribution in [0.15, 0.2) is 12.3 Å². The third-order valence-corrected chi connectivity index (χ3v) is 2.54. The number of hydrogen-bond acceptors (Lipinski definition) is 4. The van der Waals surface area contributed by atoms with Crippen LogP contribution >= 0.6 is 0 Å². The highest BCUT2D eigenvalue weighted by Crippen LogP contribution is 2.17. The Hall–Kier alpha value is -1.16. The minimum Gasteiger partial charge on any atom is -0.380 e. The second-order valence-electron chi connectivity index (χ2n) is 3.59. The molecule has 2 rings (SSSR count). The van der Waals surface area contributed by atoms with Gasteiger partial charge in [-0.05, 0) is 19.4 Å². The summed E-state index contributed by atoms with van der Waals surface area (Å²) in [7, 11) is 1.76. The van der Waals surface area contributed by atoms with Crippen LogP contribution < -0.4 is 4.90 Å². The van der Waals surface area contributed by atoms with Gasteiger partial charge in [0.05, 0.1) is 6.10 Å². The van der Waals surface area contributed by atoms with Gasteiger partial charge in [0.2, 0.25) is 5.95 Å². The van der Waals surface area contributed by atoms with Crippen LogP contribution in [0.5, 0.6) is 0 Å². The van der Waals surface area contributed by atoms with Crippen LogP contribution in [0.1, 0.15) is 12.1 Å². The van der Waals surface area contributed by atoms with Crippen LogP contribution in [0, 0.1) is 6.92 Å². The van der Waals surface area contributed by atoms with Crippen molar-refractivity contribution in [3.8, 4) is 0 Å². The molecular weight excluding hydrogens is 178 g/mol. The molecule has 1 aromatic heterocycles. The van der Waals surface area contributed by atoms with E-state index in [1.54, 1.807) is 13.3 Å². The fourth-order valence-corrected chi connectivity index (χ4v) is 1.69. The van der Waals surface area contributed by atoms with Crippen molar-refractivity contribution in [1.82, 2.24) is 9.97 Å². The summed E-state index contributed by atoms with van der Waals surface area (Å²) in [6, 6.07) is 1.91. The molecule has 1 aliphatic rings. The monoisotopic (exact) mass is 193 g/mol. The first-order chi connectivity index (χ1) is 6.79. The maximum Gasteiger partial charge on any atom is 0.225 e. The molecule has 1 saturated heterocycles. The van der Waals surface area contributed by atoms with Crippen molar-refractivity contribution in [3.05, 3.63) is 18.0 Å². The predicted octanol–water partition coefficient (Wildman–Crippen LogP) is 1.01. The first-order valence-corrected chi connectivity index (χ1v) is 4.87. The molecule has 76 valence electrons. The Morgan fingerprint density at radius 2 is 2.43 bits per heavy atom. The highest BCUT2D eigenvalue weighted by atomic mass is 16.5. The van der Waals surface area contributed by atoms with E-state index in [-0.39, 0.29) is 0 Å². The number of nitrogens with zero attached hydrogens (tertiary/aromatic N) is 3. The van der Waals surface area contributed by atoms with Gasteiger partial charge in [-0.3, -0.25) is 0 Å². The molecule has 1 unspecified atom stereocenters. The fourth-order valence-electron chi connectivity index (χ4n) is 1.69. The van der Waals surface area contributed by atoms with E-state index in [0.29, 0.717) is 6.10 Å². The molecule has 1 aliphatic heterocycles. The molecule has 4 nitrogen and oxygen atoms in total. The van der Waals surface area contributed by atoms with E-state index in [4.69, 9.17) is 4.74 Å². The molecule has 4 heteroatoms. The van der Waals surface area contributed by atoms with Crippen LogP contribution in [0.25, 0.3) is 0 Å². The van der Waals surface area contributed by atoms with Gasteiger partial charge in [0.1, 0.15) is 0 Å². The van der Waals surface area contributed by atoms with E-state index in [2.05, 4.69) is 14.9 Å². The van der Waals surface area contributed by atoms with E-state index in [1.165, 1.54) is 0 Å². The minimum absolute atomic E-state index is 0.333. The third-order valence-electron chi connectivity index (χ3n) is 2.54. The predicted molar refractivity (Wildman–Crippen MR) is 54.4 cm³/mol. The van der Waals surface area contributed by atoms with E-state index >= 15 is 0 Å². The van der Waals surface area contributed by atoms with Crippen LogP contribution in [-0.2, 0) is 4.74 Å². The fraction of sp³-hybridized carbons (Fsp3) is 0.600. The molecule has 1 atom stereocenters. The van der Waals surface area contributed by atoms with Gasteiger partial charge in [0.25, 0.3) is 0 Å². The summed E-state index contributed by atoms with van der Waals surface area (Å²) < 4.78 is 5.30. The summed E-state index contributed by atoms with van der Waals surface area (Å²) >= 11 is 0. The van der Waals surface area contributed by atoms with Gasteiger partial charge in [-0.2, -0.15) is 0 Å². The summed E-state index contributed by atoms with van der Waals surface area (Å²) in [4.78, 5) is 10.8. The van der Waals surface area contributed by atoms with E-state index in [9.17, 15) is 0 Å². The van der Waals surface area contributed by atoms with Crippen molar-refractivity contribution in [1.29, 1.82) is 0 Å². The summed E-state index contributed by atoms with van der Waals surface area (Å²) in [5, 5.41) is 0. The Kier molecular flexibility index (Phi) is 2.63. The highest BCUT2D eigenvalue weighted by molar-refractivity contribution is 5.32. The van der Waals surface area contributed by atoms with E-state index < -0.39 is 0 Å². The molecule has 0 aromatic carbocycles. The van der Waals surface area contributed by atoms with Crippen LogP contribution in [-0.4, -0.2) is 36.3 Å². The van der Waals surface area contributed by atoms with Crippen LogP contribution in [0.4, 0.5) is 5.95 Å². The first kappa shape index (κ1) is 9.40. The molecule has 0 saturated carbocycles. The number of ether oxygens (including phenoxy) is 1. The zero-order valence-electron chi connectivity index (χ0n) is 8.60. The van der Waals surface area contributed by atoms with Crippen LogP contribution in [0.2, 0.25) is 0 Å². The average molecular weight is 193 g/mol. The molecule has 1 aromatic rings. The Morgan fingerprint density at radius 3 is 3.07 bits per heavy atom. The molecule has 14 heavy (non-hydrogen) atoms. The second-order valence-corrected chi connectivity index (χ2v) is 3.59. The molecule has 1 fully saturated rings. The lowest BCUT2D eigenvalue weighted by atomic mass is 10.3. The molecule has 0 radical (unpaired) electrons. The Balaban J connectivity index is 2.09. The molecular formula is C10H15N3O. The molecule has 0 spiro atoms. The van der Waals surface area contributed by atoms with Gasteiger partial charge in [-0.15, -0.1) is 0 Å². The summed E-state index contributed by atoms with van der Waals surface area (Å²) in [5.41, 5.74) is 1.01. The Morgan fingerprint density at radius 1 is 1.57 bits per heavy atom. The van der Waals surface area contributed by atoms with Gasteiger partial charge in [-0.25, -0.2) is 9.97 Å². The summed E-state index contributed by atoms with van der Waals surface area (Å²) in [6.07, 6.45) is 3.20. The van der Waals surface area contributed by atoms with Crippen molar-refractivity contribution in [2.24, 2.45) is 0 Å². The summed E-state index contributed by atoms with van der Waals surface area (Å²) in [6.45, 7) is 3.87. The quantitative estimate of drug-likeness (QED) is 0.702. The number of hydrogen-bond donors (Lipinski definition) is 0. The topological polar surface area (TPSA) is 38.2 Å². The van der Waals surface area contributed by atoms with Gasteiger partial charge < -0.3 is 9.64 Å². The highest BCUT2D eigenvalue weighted by Gasteiger charge is 2.23. The molecule has 0 amide bonds. The lowest BCUT2D eigenvalue weighted by molar-refractivity contribution is 0.121. The maximum atomic E-state index is 5.30. The molecule has 0 bridgehead atoms. The zero-order chi connectivity index (χ0) is 9.97. The molecule has 2 heterocycles. The van der Waals surface area contributed by atoms with Gasteiger partial charge >= 0.3 is 0 Å². The van der Waals surface area contributed by atoms with Gasteiger partial charge in [0, 0.05) is 32.1 Å². The van der Waals surface area contributed by atoms with Crippen molar-refractivity contribution in [2.45, 2.75) is 19.4 Å². The third kappa shape index (κ3) is 1.85. The maximum absolute atomic E-state index is 5.30. The van der Waals surface area contributed by atoms with Crippen molar-refractivity contribution >= 4 is 5.95 Å². The number of rotatable bonds is 2. The van der Waals surface area contributed by atoms with Gasteiger partial charge in [-0.1, -0.05) is 0 Å². The minimum atomic E-state index is 0.333. The van der Waals surface area contributed by atoms with Crippen molar-refractivity contribution in [3.63, 3.8) is 0 Å². The molecule has 0 N–H and O–H groups in total. The molecule has 0 aliphatic carbocycles. The number of methoxy groups -OCH3 is 1. The largest absolute Gasteiger partial charge is 0.380 e. The summed E-state index contributed by atoms with van der Waals surface area (Å²) in [5.74, 6) is 0.824. The SMILES string of the molecule is COC1CCN(c2nccc(C)n2)C1. The van der Waals surface area contributed by atoms with Crippen LogP contribution in [0.3, 0.4) is 0 Å². The smallest absolute Gasteiger partial charge is 0.225 e. The van der Waals surface area contributed by atoms with E-state index in [0.717, 1.165) is 31.2 Å². The second kappa shape index (κ2) is 3.92. The van der Waals surface area contributed by atoms with Gasteiger partial charge in [0.15, 0.2) is 0 Å². The Labute approximate surface area is 83.9 Å². The van der Waals surface area contributed by atoms with E-state index in [1.807, 2.05) is 13.0 Å². The Bertz CT molecular complexity index is 316. The number of anilines is 1. The van der Waals surface area contributed by atoms with Crippen molar-refractivity contribution < 1.29 is 4.74 Å². The van der Waals surface area contributed by atoms with Crippen molar-refractivity contribution in [2.75, 3.05) is 25.1 Å². The zero-order valence-corrected chi connectivity index (χ0v) is 8.60. The number of aromatic nitrogens is 2. The lowest BCUT2D eigenvalue weighted by Crippen LogP contribution is -2.24.